The van der Waals surface area contributed by atoms with Gasteiger partial charge in [-0.05, 0) is 31.6 Å². The van der Waals surface area contributed by atoms with Crippen LogP contribution >= 0.6 is 0 Å². The minimum Gasteiger partial charge on any atom is -0.469 e. The summed E-state index contributed by atoms with van der Waals surface area (Å²) in [5.74, 6) is 0.681. The number of hydrogen-bond acceptors (Lipinski definition) is 3. The van der Waals surface area contributed by atoms with Gasteiger partial charge in [0.05, 0.1) is 13.0 Å². The number of hydrogen-bond donors (Lipinski definition) is 1. The Kier molecular flexibility index (Phi) is 2.54. The van der Waals surface area contributed by atoms with Crippen molar-refractivity contribution in [2.45, 2.75) is 31.7 Å². The van der Waals surface area contributed by atoms with Crippen molar-refractivity contribution < 1.29 is 9.53 Å². The highest BCUT2D eigenvalue weighted by Crippen LogP contribution is 2.37. The number of ether oxygens (including phenoxy) is 1. The third-order valence-corrected chi connectivity index (χ3v) is 2.90. The van der Waals surface area contributed by atoms with E-state index in [0.29, 0.717) is 12.0 Å². The molecule has 74 valence electrons. The molecule has 2 saturated carbocycles. The molecule has 0 aromatic carbocycles. The van der Waals surface area contributed by atoms with Gasteiger partial charge in [0.1, 0.15) is 0 Å². The van der Waals surface area contributed by atoms with E-state index < -0.39 is 0 Å². The Morgan fingerprint density at radius 2 is 2.15 bits per heavy atom. The van der Waals surface area contributed by atoms with Gasteiger partial charge in [-0.1, -0.05) is 0 Å². The Hall–Kier alpha value is -0.570. The highest BCUT2D eigenvalue weighted by Gasteiger charge is 2.37. The number of nitrogens with one attached hydrogen (secondary N) is 1. The maximum Gasteiger partial charge on any atom is 0.310 e. The molecule has 2 rings (SSSR count). The smallest absolute Gasteiger partial charge is 0.310 e. The van der Waals surface area contributed by atoms with Gasteiger partial charge >= 0.3 is 5.97 Å². The van der Waals surface area contributed by atoms with E-state index in [1.54, 1.807) is 0 Å². The summed E-state index contributed by atoms with van der Waals surface area (Å²) in [6.07, 6.45) is 4.95. The van der Waals surface area contributed by atoms with Crippen molar-refractivity contribution in [3.05, 3.63) is 0 Å². The van der Waals surface area contributed by atoms with Crippen LogP contribution in [0.25, 0.3) is 0 Å². The van der Waals surface area contributed by atoms with Crippen molar-refractivity contribution in [3.8, 4) is 0 Å². The number of carbonyl (C=O) groups excluding carboxylic acids is 1. The number of rotatable bonds is 5. The topological polar surface area (TPSA) is 38.3 Å². The van der Waals surface area contributed by atoms with E-state index in [2.05, 4.69) is 5.32 Å². The zero-order valence-electron chi connectivity index (χ0n) is 8.08. The summed E-state index contributed by atoms with van der Waals surface area (Å²) >= 11 is 0. The zero-order chi connectivity index (χ0) is 9.26. The molecule has 0 aromatic rings. The highest BCUT2D eigenvalue weighted by atomic mass is 16.5. The average Bonchev–Trinajstić information content (AvgIpc) is 2.98. The van der Waals surface area contributed by atoms with Crippen LogP contribution in [0.3, 0.4) is 0 Å². The zero-order valence-corrected chi connectivity index (χ0v) is 8.08. The summed E-state index contributed by atoms with van der Waals surface area (Å²) in [5.41, 5.74) is 0. The molecule has 0 aliphatic heterocycles. The molecule has 0 saturated heterocycles. The molecule has 0 amide bonds. The molecule has 0 aromatic heterocycles. The van der Waals surface area contributed by atoms with Crippen LogP contribution in [0.15, 0.2) is 0 Å². The first-order chi connectivity index (χ1) is 6.31. The quantitative estimate of drug-likeness (QED) is 0.645. The maximum atomic E-state index is 11.4. The lowest BCUT2D eigenvalue weighted by atomic mass is 10.0. The molecule has 0 bridgehead atoms. The van der Waals surface area contributed by atoms with Crippen molar-refractivity contribution in [2.75, 3.05) is 13.7 Å². The van der Waals surface area contributed by atoms with E-state index in [1.165, 1.54) is 32.8 Å². The van der Waals surface area contributed by atoms with E-state index in [1.807, 2.05) is 0 Å². The van der Waals surface area contributed by atoms with E-state index in [9.17, 15) is 4.79 Å². The standard InChI is InChI=1S/C10H17NO2/c1-13-10(12)9(7-2-3-7)6-11-8-4-5-8/h7-9,11H,2-6H2,1H3. The molecule has 0 heterocycles. The number of esters is 1. The van der Waals surface area contributed by atoms with Crippen LogP contribution in [0.2, 0.25) is 0 Å². The first kappa shape index (κ1) is 9.00. The largest absolute Gasteiger partial charge is 0.469 e. The van der Waals surface area contributed by atoms with Gasteiger partial charge in [-0.25, -0.2) is 0 Å². The summed E-state index contributed by atoms with van der Waals surface area (Å²) in [4.78, 5) is 11.4. The second-order valence-corrected chi connectivity index (χ2v) is 4.15. The monoisotopic (exact) mass is 183 g/mol. The van der Waals surface area contributed by atoms with Gasteiger partial charge < -0.3 is 10.1 Å². The SMILES string of the molecule is COC(=O)C(CNC1CC1)C1CC1. The van der Waals surface area contributed by atoms with Crippen molar-refractivity contribution in [2.24, 2.45) is 11.8 Å². The van der Waals surface area contributed by atoms with Crippen LogP contribution in [0.4, 0.5) is 0 Å². The van der Waals surface area contributed by atoms with Gasteiger partial charge in [0, 0.05) is 12.6 Å². The summed E-state index contributed by atoms with van der Waals surface area (Å²) in [7, 11) is 1.48. The number of carbonyl (C=O) groups is 1. The van der Waals surface area contributed by atoms with Gasteiger partial charge in [-0.2, -0.15) is 0 Å². The van der Waals surface area contributed by atoms with Crippen LogP contribution in [-0.4, -0.2) is 25.7 Å². The Bertz CT molecular complexity index is 197. The lowest BCUT2D eigenvalue weighted by molar-refractivity contribution is -0.146. The molecule has 3 heteroatoms. The van der Waals surface area contributed by atoms with Crippen LogP contribution in [0.1, 0.15) is 25.7 Å². The molecule has 0 spiro atoms. The predicted octanol–water partition coefficient (Wildman–Crippen LogP) is 0.938. The fourth-order valence-corrected chi connectivity index (χ4v) is 1.67. The third-order valence-electron chi connectivity index (χ3n) is 2.90. The summed E-state index contributed by atoms with van der Waals surface area (Å²) in [5, 5.41) is 3.39. The Balaban J connectivity index is 1.77. The van der Waals surface area contributed by atoms with E-state index in [-0.39, 0.29) is 11.9 Å². The molecule has 2 fully saturated rings. The van der Waals surface area contributed by atoms with Crippen LogP contribution in [-0.2, 0) is 9.53 Å². The minimum atomic E-state index is -0.0318. The molecule has 2 aliphatic rings. The first-order valence-corrected chi connectivity index (χ1v) is 5.12. The summed E-state index contributed by atoms with van der Waals surface area (Å²) in [6, 6.07) is 0.686. The van der Waals surface area contributed by atoms with Gasteiger partial charge in [0.15, 0.2) is 0 Å². The highest BCUT2D eigenvalue weighted by molar-refractivity contribution is 5.73. The molecule has 0 radical (unpaired) electrons. The molecule has 13 heavy (non-hydrogen) atoms. The first-order valence-electron chi connectivity index (χ1n) is 5.12. The molecule has 1 atom stereocenters. The van der Waals surface area contributed by atoms with Crippen molar-refractivity contribution in [3.63, 3.8) is 0 Å². The minimum absolute atomic E-state index is 0.0318. The Labute approximate surface area is 78.8 Å². The second kappa shape index (κ2) is 3.66. The second-order valence-electron chi connectivity index (χ2n) is 4.15. The van der Waals surface area contributed by atoms with Crippen LogP contribution < -0.4 is 5.32 Å². The van der Waals surface area contributed by atoms with Gasteiger partial charge in [-0.3, -0.25) is 4.79 Å². The van der Waals surface area contributed by atoms with Crippen LogP contribution in [0, 0.1) is 11.8 Å². The fourth-order valence-electron chi connectivity index (χ4n) is 1.67. The van der Waals surface area contributed by atoms with Crippen molar-refractivity contribution in [1.82, 2.24) is 5.32 Å². The lowest BCUT2D eigenvalue weighted by Crippen LogP contribution is -2.32. The molecule has 1 unspecified atom stereocenters. The van der Waals surface area contributed by atoms with E-state index >= 15 is 0 Å². The van der Waals surface area contributed by atoms with Gasteiger partial charge in [-0.15, -0.1) is 0 Å². The summed E-state index contributed by atoms with van der Waals surface area (Å²) < 4.78 is 4.79. The molecule has 3 nitrogen and oxygen atoms in total. The average molecular weight is 183 g/mol. The van der Waals surface area contributed by atoms with Crippen LogP contribution in [0.5, 0.6) is 0 Å². The molecular formula is C10H17NO2. The third kappa shape index (κ3) is 2.44. The Morgan fingerprint density at radius 3 is 2.62 bits per heavy atom. The molecule has 1 N–H and O–H groups in total. The predicted molar refractivity (Wildman–Crippen MR) is 49.3 cm³/mol. The fraction of sp³-hybridized carbons (Fsp3) is 0.900. The Morgan fingerprint density at radius 1 is 1.46 bits per heavy atom. The van der Waals surface area contributed by atoms with E-state index in [0.717, 1.165) is 6.54 Å². The normalized spacial score (nSPS) is 24.1. The maximum absolute atomic E-state index is 11.4. The van der Waals surface area contributed by atoms with Crippen molar-refractivity contribution >= 4 is 5.97 Å². The van der Waals surface area contributed by atoms with Gasteiger partial charge in [0.25, 0.3) is 0 Å². The van der Waals surface area contributed by atoms with Gasteiger partial charge in [0.2, 0.25) is 0 Å². The summed E-state index contributed by atoms with van der Waals surface area (Å²) in [6.45, 7) is 0.821. The molecule has 2 aliphatic carbocycles. The van der Waals surface area contributed by atoms with Crippen molar-refractivity contribution in [1.29, 1.82) is 0 Å². The number of methoxy groups -OCH3 is 1. The molecular weight excluding hydrogens is 166 g/mol. The van der Waals surface area contributed by atoms with E-state index in [4.69, 9.17) is 4.74 Å². The lowest BCUT2D eigenvalue weighted by Gasteiger charge is -2.13.